The Morgan fingerprint density at radius 3 is 2.50 bits per heavy atom. The average molecular weight is 331 g/mol. The first-order valence-corrected chi connectivity index (χ1v) is 7.18. The molecule has 0 saturated carbocycles. The van der Waals surface area contributed by atoms with Crippen molar-refractivity contribution in [1.29, 1.82) is 0 Å². The van der Waals surface area contributed by atoms with Crippen LogP contribution in [-0.2, 0) is 13.1 Å². The normalized spacial score (nSPS) is 12.7. The molecule has 0 fully saturated rings. The van der Waals surface area contributed by atoms with Gasteiger partial charge in [0.05, 0.1) is 33.0 Å². The molecular weight excluding hydrogens is 314 g/mol. The monoisotopic (exact) mass is 331 g/mol. The number of benzene rings is 1. The second-order valence-electron chi connectivity index (χ2n) is 5.21. The number of nitrogens with two attached hydrogens (primary N) is 1. The summed E-state index contributed by atoms with van der Waals surface area (Å²) in [6, 6.07) is 4.54. The van der Waals surface area contributed by atoms with Crippen LogP contribution in [0.5, 0.6) is 11.5 Å². The predicted octanol–water partition coefficient (Wildman–Crippen LogP) is 1.07. The summed E-state index contributed by atoms with van der Waals surface area (Å²) in [6.45, 7) is 0.606. The highest BCUT2D eigenvalue weighted by molar-refractivity contribution is 6.08. The van der Waals surface area contributed by atoms with E-state index in [1.165, 1.54) is 19.1 Å². The van der Waals surface area contributed by atoms with Crippen LogP contribution < -0.4 is 20.5 Å². The zero-order chi connectivity index (χ0) is 17.3. The molecule has 3 rings (SSSR count). The molecule has 4 N–H and O–H groups in total. The number of methoxy groups -OCH3 is 2. The third kappa shape index (κ3) is 2.60. The minimum absolute atomic E-state index is 0.274. The fourth-order valence-corrected chi connectivity index (χ4v) is 2.64. The fraction of sp³-hybridized carbons (Fsp3) is 0.267. The van der Waals surface area contributed by atoms with Crippen LogP contribution in [0.3, 0.4) is 0 Å². The van der Waals surface area contributed by atoms with Crippen LogP contribution in [0, 0.1) is 0 Å². The zero-order valence-corrected chi connectivity index (χ0v) is 13.3. The molecule has 0 aliphatic carbocycles. The van der Waals surface area contributed by atoms with Gasteiger partial charge in [-0.3, -0.25) is 9.89 Å². The number of primary amides is 1. The van der Waals surface area contributed by atoms with Crippen molar-refractivity contribution in [2.45, 2.75) is 13.1 Å². The van der Waals surface area contributed by atoms with Crippen molar-refractivity contribution in [3.63, 3.8) is 0 Å². The number of nitrogens with one attached hydrogen (secondary N) is 2. The lowest BCUT2D eigenvalue weighted by atomic mass is 10.1. The zero-order valence-electron chi connectivity index (χ0n) is 13.3. The van der Waals surface area contributed by atoms with Crippen molar-refractivity contribution in [3.05, 3.63) is 35.0 Å². The van der Waals surface area contributed by atoms with Gasteiger partial charge < -0.3 is 25.4 Å². The van der Waals surface area contributed by atoms with E-state index >= 15 is 0 Å². The Bertz CT molecular complexity index is 779. The molecule has 2 aromatic rings. The molecule has 0 spiro atoms. The predicted molar refractivity (Wildman–Crippen MR) is 84.9 cm³/mol. The quantitative estimate of drug-likeness (QED) is 0.773. The fourth-order valence-electron chi connectivity index (χ4n) is 2.64. The molecule has 0 unspecified atom stereocenters. The summed E-state index contributed by atoms with van der Waals surface area (Å²) in [5.74, 6) is 0.795. The summed E-state index contributed by atoms with van der Waals surface area (Å²) < 4.78 is 10.5. The van der Waals surface area contributed by atoms with Gasteiger partial charge >= 0.3 is 6.03 Å². The smallest absolute Gasteiger partial charge is 0.315 e. The Kier molecular flexibility index (Phi) is 3.98. The topological polar surface area (TPSA) is 123 Å². The number of nitrogens with zero attached hydrogens (tertiary/aromatic N) is 2. The summed E-state index contributed by atoms with van der Waals surface area (Å²) in [6.07, 6.45) is 0. The van der Waals surface area contributed by atoms with Crippen molar-refractivity contribution in [2.75, 3.05) is 19.5 Å². The molecular formula is C15H17N5O4. The van der Waals surface area contributed by atoms with Gasteiger partial charge in [0.1, 0.15) is 22.9 Å². The summed E-state index contributed by atoms with van der Waals surface area (Å²) in [7, 11) is 2.95. The molecule has 1 aliphatic rings. The minimum atomic E-state index is -0.531. The van der Waals surface area contributed by atoms with Gasteiger partial charge in [-0.25, -0.2) is 4.79 Å². The van der Waals surface area contributed by atoms with Crippen LogP contribution in [0.15, 0.2) is 18.2 Å². The number of fused-ring (bicyclic) bond motifs is 1. The SMILES string of the molecule is COc1cccc(OC)c1C(=O)Nc1[nH]nc2c1CN(C(N)=O)C2. The molecule has 1 aliphatic heterocycles. The molecule has 1 aromatic heterocycles. The highest BCUT2D eigenvalue weighted by atomic mass is 16.5. The van der Waals surface area contributed by atoms with E-state index < -0.39 is 11.9 Å². The van der Waals surface area contributed by atoms with E-state index in [2.05, 4.69) is 15.5 Å². The van der Waals surface area contributed by atoms with Crippen LogP contribution in [-0.4, -0.2) is 41.3 Å². The van der Waals surface area contributed by atoms with Gasteiger partial charge in [0.2, 0.25) is 0 Å². The lowest BCUT2D eigenvalue weighted by molar-refractivity contribution is 0.102. The van der Waals surface area contributed by atoms with Crippen molar-refractivity contribution in [3.8, 4) is 11.5 Å². The maximum absolute atomic E-state index is 12.7. The van der Waals surface area contributed by atoms with E-state index in [1.807, 2.05) is 0 Å². The lowest BCUT2D eigenvalue weighted by Gasteiger charge is -2.14. The molecule has 3 amide bonds. The van der Waals surface area contributed by atoms with Gasteiger partial charge in [0.25, 0.3) is 5.91 Å². The van der Waals surface area contributed by atoms with Crippen LogP contribution in [0.25, 0.3) is 0 Å². The molecule has 0 saturated heterocycles. The number of H-pyrrole nitrogens is 1. The van der Waals surface area contributed by atoms with E-state index in [0.717, 1.165) is 5.56 Å². The van der Waals surface area contributed by atoms with Gasteiger partial charge in [0.15, 0.2) is 0 Å². The van der Waals surface area contributed by atoms with Crippen molar-refractivity contribution in [1.82, 2.24) is 15.1 Å². The Morgan fingerprint density at radius 2 is 1.92 bits per heavy atom. The number of urea groups is 1. The maximum Gasteiger partial charge on any atom is 0.315 e. The number of ether oxygens (including phenoxy) is 2. The van der Waals surface area contributed by atoms with Gasteiger partial charge in [-0.1, -0.05) is 6.07 Å². The molecule has 24 heavy (non-hydrogen) atoms. The number of rotatable bonds is 4. The third-order valence-electron chi connectivity index (χ3n) is 3.85. The Balaban J connectivity index is 1.87. The second-order valence-corrected chi connectivity index (χ2v) is 5.21. The Labute approximate surface area is 137 Å². The standard InChI is InChI=1S/C15H17N5O4/c1-23-10-4-3-5-11(24-2)12(10)14(21)17-13-8-6-20(15(16)22)7-9(8)18-19-13/h3-5H,6-7H2,1-2H3,(H2,16,22)(H2,17,18,19,21). The number of carbonyl (C=O) groups excluding carboxylic acids is 2. The molecule has 0 radical (unpaired) electrons. The van der Waals surface area contributed by atoms with E-state index in [4.69, 9.17) is 15.2 Å². The number of amides is 3. The highest BCUT2D eigenvalue weighted by Crippen LogP contribution is 2.31. The average Bonchev–Trinajstić information content (AvgIpc) is 3.16. The third-order valence-corrected chi connectivity index (χ3v) is 3.85. The van der Waals surface area contributed by atoms with Crippen LogP contribution >= 0.6 is 0 Å². The van der Waals surface area contributed by atoms with Gasteiger partial charge in [-0.2, -0.15) is 5.10 Å². The number of hydrogen-bond donors (Lipinski definition) is 3. The molecule has 126 valence electrons. The van der Waals surface area contributed by atoms with Crippen molar-refractivity contribution < 1.29 is 19.1 Å². The molecule has 9 nitrogen and oxygen atoms in total. The van der Waals surface area contributed by atoms with Crippen molar-refractivity contribution >= 4 is 17.8 Å². The van der Waals surface area contributed by atoms with E-state index in [9.17, 15) is 9.59 Å². The largest absolute Gasteiger partial charge is 0.496 e. The Hall–Kier alpha value is -3.23. The van der Waals surface area contributed by atoms with Crippen LogP contribution in [0.2, 0.25) is 0 Å². The van der Waals surface area contributed by atoms with E-state index in [1.54, 1.807) is 18.2 Å². The summed E-state index contributed by atoms with van der Waals surface area (Å²) in [5, 5.41) is 9.63. The lowest BCUT2D eigenvalue weighted by Crippen LogP contribution is -2.31. The number of anilines is 1. The highest BCUT2D eigenvalue weighted by Gasteiger charge is 2.28. The van der Waals surface area contributed by atoms with E-state index in [0.29, 0.717) is 36.1 Å². The number of carbonyl (C=O) groups is 2. The van der Waals surface area contributed by atoms with Crippen LogP contribution in [0.4, 0.5) is 10.6 Å². The molecule has 9 heteroatoms. The summed E-state index contributed by atoms with van der Waals surface area (Å²) >= 11 is 0. The maximum atomic E-state index is 12.7. The van der Waals surface area contributed by atoms with E-state index in [-0.39, 0.29) is 5.56 Å². The molecule has 0 bridgehead atoms. The van der Waals surface area contributed by atoms with Gasteiger partial charge in [-0.15, -0.1) is 0 Å². The molecule has 2 heterocycles. The summed E-state index contributed by atoms with van der Waals surface area (Å²) in [4.78, 5) is 25.4. The number of aromatic nitrogens is 2. The first-order chi connectivity index (χ1) is 11.5. The first-order valence-electron chi connectivity index (χ1n) is 7.18. The Morgan fingerprint density at radius 1 is 1.25 bits per heavy atom. The second kappa shape index (κ2) is 6.11. The number of aromatic amines is 1. The molecule has 0 atom stereocenters. The first kappa shape index (κ1) is 15.7. The summed E-state index contributed by atoms with van der Waals surface area (Å²) in [5.41, 5.74) is 6.97. The minimum Gasteiger partial charge on any atom is -0.496 e. The van der Waals surface area contributed by atoms with Crippen molar-refractivity contribution in [2.24, 2.45) is 5.73 Å². The van der Waals surface area contributed by atoms with Crippen LogP contribution in [0.1, 0.15) is 21.6 Å². The van der Waals surface area contributed by atoms with Gasteiger partial charge in [0, 0.05) is 5.56 Å². The van der Waals surface area contributed by atoms with Gasteiger partial charge in [-0.05, 0) is 12.1 Å². The molecule has 1 aromatic carbocycles. The number of hydrogen-bond acceptors (Lipinski definition) is 5.